The molecule has 0 saturated carbocycles. The highest BCUT2D eigenvalue weighted by Crippen LogP contribution is 2.38. The molecule has 0 aliphatic heterocycles. The zero-order chi connectivity index (χ0) is 9.78. The first-order chi connectivity index (χ1) is 5.43. The maximum atomic E-state index is 10.6. The van der Waals surface area contributed by atoms with Crippen LogP contribution in [-0.2, 0) is 23.1 Å². The van der Waals surface area contributed by atoms with Crippen molar-refractivity contribution < 1.29 is 28.0 Å². The van der Waals surface area contributed by atoms with Crippen LogP contribution in [0.25, 0.3) is 0 Å². The quantitative estimate of drug-likeness (QED) is 0.453. The number of hydrogen-bond acceptors (Lipinski definition) is 6. The van der Waals surface area contributed by atoms with Gasteiger partial charge in [0.15, 0.2) is 6.10 Å². The van der Waals surface area contributed by atoms with E-state index in [4.69, 9.17) is 0 Å². The monoisotopic (exact) mass is 197 g/mol. The van der Waals surface area contributed by atoms with Crippen LogP contribution in [0.5, 0.6) is 0 Å². The zero-order valence-electron chi connectivity index (χ0n) is 6.97. The minimum absolute atomic E-state index is 0.775. The fourth-order valence-electron chi connectivity index (χ4n) is 0.446. The lowest BCUT2D eigenvalue weighted by Crippen LogP contribution is -2.23. The number of rotatable bonds is 4. The van der Waals surface area contributed by atoms with Crippen LogP contribution >= 0.6 is 7.82 Å². The smallest absolute Gasteiger partial charge is 0.335 e. The van der Waals surface area contributed by atoms with Gasteiger partial charge in [0.25, 0.3) is 7.82 Å². The molecule has 2 unspecified atom stereocenters. The molecule has 0 aromatic carbocycles. The summed E-state index contributed by atoms with van der Waals surface area (Å²) in [4.78, 5) is 21.2. The summed E-state index contributed by atoms with van der Waals surface area (Å²) in [6, 6.07) is 0. The second-order valence-corrected chi connectivity index (χ2v) is 3.37. The van der Waals surface area contributed by atoms with Gasteiger partial charge in [-0.1, -0.05) is 0 Å². The van der Waals surface area contributed by atoms with E-state index in [0.717, 1.165) is 14.2 Å². The summed E-state index contributed by atoms with van der Waals surface area (Å²) < 4.78 is 23.0. The van der Waals surface area contributed by atoms with Gasteiger partial charge in [0.2, 0.25) is 0 Å². The van der Waals surface area contributed by atoms with E-state index in [9.17, 15) is 14.3 Å². The molecule has 0 bridgehead atoms. The maximum absolute atomic E-state index is 10.6. The Balaban J connectivity index is 4.09. The molecule has 0 aromatic rings. The van der Waals surface area contributed by atoms with E-state index in [0.29, 0.717) is 0 Å². The standard InChI is InChI=1S/C5H11O6P/c1-4(5(6)9-2)11-12(7,8)10-3/h4H,1-3H3,(H,7,8)/p-1. The number of methoxy groups -OCH3 is 1. The minimum atomic E-state index is -4.35. The third kappa shape index (κ3) is 3.82. The normalized spacial score (nSPS) is 18.0. The fourth-order valence-corrected chi connectivity index (χ4v) is 1.01. The number of phosphoric ester groups is 1. The highest BCUT2D eigenvalue weighted by atomic mass is 31.2. The number of ether oxygens (including phenoxy) is 1. The Labute approximate surface area is 70.0 Å². The molecule has 6 nitrogen and oxygen atoms in total. The summed E-state index contributed by atoms with van der Waals surface area (Å²) in [5.41, 5.74) is 0. The van der Waals surface area contributed by atoms with Crippen LogP contribution in [0.15, 0.2) is 0 Å². The molecule has 0 spiro atoms. The Bertz CT molecular complexity index is 202. The van der Waals surface area contributed by atoms with Crippen LogP contribution < -0.4 is 4.89 Å². The summed E-state index contributed by atoms with van der Waals surface area (Å²) in [5, 5.41) is 0. The number of carbonyl (C=O) groups is 1. The van der Waals surface area contributed by atoms with E-state index in [2.05, 4.69) is 13.8 Å². The first-order valence-electron chi connectivity index (χ1n) is 3.06. The van der Waals surface area contributed by atoms with Gasteiger partial charge in [-0.25, -0.2) is 4.79 Å². The fraction of sp³-hybridized carbons (Fsp3) is 0.800. The number of esters is 1. The molecule has 2 atom stereocenters. The van der Waals surface area contributed by atoms with Crippen LogP contribution in [0, 0.1) is 0 Å². The molecule has 0 saturated heterocycles. The summed E-state index contributed by atoms with van der Waals surface area (Å²) in [6.07, 6.45) is -1.18. The topological polar surface area (TPSA) is 84.9 Å². The molecule has 0 radical (unpaired) electrons. The SMILES string of the molecule is COC(=O)C(C)OP(=O)([O-])OC. The molecule has 0 aliphatic rings. The van der Waals surface area contributed by atoms with Gasteiger partial charge in [0, 0.05) is 7.11 Å². The lowest BCUT2D eigenvalue weighted by atomic mass is 10.4. The van der Waals surface area contributed by atoms with Crippen LogP contribution in [0.2, 0.25) is 0 Å². The second kappa shape index (κ2) is 4.57. The molecule has 0 amide bonds. The number of carbonyl (C=O) groups excluding carboxylic acids is 1. The maximum Gasteiger partial charge on any atom is 0.335 e. The van der Waals surface area contributed by atoms with E-state index in [1.165, 1.54) is 6.92 Å². The average Bonchev–Trinajstić information content (AvgIpc) is 2.02. The van der Waals surface area contributed by atoms with Gasteiger partial charge in [-0.15, -0.1) is 0 Å². The molecule has 72 valence electrons. The first-order valence-corrected chi connectivity index (χ1v) is 4.52. The summed E-state index contributed by atoms with van der Waals surface area (Å²) >= 11 is 0. The highest BCUT2D eigenvalue weighted by molar-refractivity contribution is 7.45. The third-order valence-corrected chi connectivity index (χ3v) is 2.07. The van der Waals surface area contributed by atoms with Gasteiger partial charge in [-0.05, 0) is 6.92 Å². The van der Waals surface area contributed by atoms with Gasteiger partial charge in [-0.3, -0.25) is 4.57 Å². The Morgan fingerprint density at radius 2 is 2.00 bits per heavy atom. The summed E-state index contributed by atoms with van der Waals surface area (Å²) in [5.74, 6) is -0.775. The number of phosphoric acid groups is 1. The molecule has 7 heteroatoms. The van der Waals surface area contributed by atoms with Crippen molar-refractivity contribution in [1.29, 1.82) is 0 Å². The number of hydrogen-bond donors (Lipinski definition) is 0. The summed E-state index contributed by atoms with van der Waals surface area (Å²) in [6.45, 7) is 1.25. The molecule has 0 fully saturated rings. The van der Waals surface area contributed by atoms with Crippen molar-refractivity contribution in [3.63, 3.8) is 0 Å². The van der Waals surface area contributed by atoms with Crippen LogP contribution in [0.1, 0.15) is 6.92 Å². The molecule has 0 heterocycles. The molecule has 0 N–H and O–H groups in total. The van der Waals surface area contributed by atoms with Crippen LogP contribution in [0.3, 0.4) is 0 Å². The van der Waals surface area contributed by atoms with Crippen LogP contribution in [-0.4, -0.2) is 26.3 Å². The Morgan fingerprint density at radius 1 is 1.50 bits per heavy atom. The third-order valence-electron chi connectivity index (χ3n) is 1.04. The highest BCUT2D eigenvalue weighted by Gasteiger charge is 2.19. The first kappa shape index (κ1) is 11.6. The largest absolute Gasteiger partial charge is 0.756 e. The minimum Gasteiger partial charge on any atom is -0.756 e. The van der Waals surface area contributed by atoms with E-state index >= 15 is 0 Å². The zero-order valence-corrected chi connectivity index (χ0v) is 7.87. The molecular weight excluding hydrogens is 187 g/mol. The van der Waals surface area contributed by atoms with Crippen molar-refractivity contribution in [3.8, 4) is 0 Å². The van der Waals surface area contributed by atoms with Crippen molar-refractivity contribution in [1.82, 2.24) is 0 Å². The van der Waals surface area contributed by atoms with Gasteiger partial charge >= 0.3 is 5.97 Å². The van der Waals surface area contributed by atoms with Crippen molar-refractivity contribution >= 4 is 13.8 Å². The van der Waals surface area contributed by atoms with Crippen LogP contribution in [0.4, 0.5) is 0 Å². The van der Waals surface area contributed by atoms with E-state index < -0.39 is 19.9 Å². The Morgan fingerprint density at radius 3 is 2.33 bits per heavy atom. The molecule has 0 aromatic heterocycles. The summed E-state index contributed by atoms with van der Waals surface area (Å²) in [7, 11) is -2.28. The van der Waals surface area contributed by atoms with Crippen molar-refractivity contribution in [2.24, 2.45) is 0 Å². The van der Waals surface area contributed by atoms with E-state index in [-0.39, 0.29) is 0 Å². The van der Waals surface area contributed by atoms with E-state index in [1.807, 2.05) is 0 Å². The molecule has 0 aliphatic carbocycles. The van der Waals surface area contributed by atoms with Crippen molar-refractivity contribution in [2.45, 2.75) is 13.0 Å². The van der Waals surface area contributed by atoms with Crippen molar-refractivity contribution in [3.05, 3.63) is 0 Å². The average molecular weight is 197 g/mol. The predicted molar refractivity (Wildman–Crippen MR) is 37.2 cm³/mol. The Kier molecular flexibility index (Phi) is 4.41. The lowest BCUT2D eigenvalue weighted by molar-refractivity contribution is -0.227. The molecular formula is C5H10O6P-. The second-order valence-electron chi connectivity index (χ2n) is 1.90. The van der Waals surface area contributed by atoms with Gasteiger partial charge < -0.3 is 18.7 Å². The van der Waals surface area contributed by atoms with Gasteiger partial charge in [0.05, 0.1) is 7.11 Å². The predicted octanol–water partition coefficient (Wildman–Crippen LogP) is -0.321. The Hall–Kier alpha value is -0.420. The molecule has 0 rings (SSSR count). The van der Waals surface area contributed by atoms with Crippen molar-refractivity contribution in [2.75, 3.05) is 14.2 Å². The van der Waals surface area contributed by atoms with Gasteiger partial charge in [-0.2, -0.15) is 0 Å². The molecule has 12 heavy (non-hydrogen) atoms. The lowest BCUT2D eigenvalue weighted by Gasteiger charge is -2.22. The van der Waals surface area contributed by atoms with E-state index in [1.54, 1.807) is 0 Å². The van der Waals surface area contributed by atoms with Gasteiger partial charge in [0.1, 0.15) is 0 Å².